The van der Waals surface area contributed by atoms with Gasteiger partial charge >= 0.3 is 0 Å². The lowest BCUT2D eigenvalue weighted by molar-refractivity contribution is 0.305. The largest absolute Gasteiger partial charge is 0.497 e. The number of ether oxygens (including phenoxy) is 2. The number of rotatable bonds is 4. The third kappa shape index (κ3) is 3.39. The van der Waals surface area contributed by atoms with Crippen LogP contribution in [-0.2, 0) is 6.61 Å². The lowest BCUT2D eigenvalue weighted by atomic mass is 10.2. The molecule has 0 aliphatic heterocycles. The second-order valence-electron chi connectivity index (χ2n) is 4.04. The first-order chi connectivity index (χ1) is 9.21. The summed E-state index contributed by atoms with van der Waals surface area (Å²) in [5.74, 6) is 1.42. The number of anilines is 1. The monoisotopic (exact) mass is 254 g/mol. The molecule has 0 atom stereocenters. The van der Waals surface area contributed by atoms with Gasteiger partial charge in [-0.15, -0.1) is 0 Å². The van der Waals surface area contributed by atoms with Crippen LogP contribution in [0.25, 0.3) is 0 Å². The minimum atomic E-state index is 0.396. The Morgan fingerprint density at radius 3 is 2.47 bits per heavy atom. The molecule has 2 aromatic rings. The zero-order valence-corrected chi connectivity index (χ0v) is 10.6. The number of nitrogens with zero attached hydrogens (tertiary/aromatic N) is 1. The van der Waals surface area contributed by atoms with Crippen LogP contribution >= 0.6 is 0 Å². The molecule has 0 fully saturated rings. The highest BCUT2D eigenvalue weighted by atomic mass is 16.5. The number of nitrogens with two attached hydrogens (primary N) is 1. The number of methoxy groups -OCH3 is 1. The van der Waals surface area contributed by atoms with Crippen molar-refractivity contribution in [2.45, 2.75) is 6.61 Å². The van der Waals surface area contributed by atoms with Crippen LogP contribution in [0.4, 0.5) is 5.69 Å². The Balaban J connectivity index is 2.05. The van der Waals surface area contributed by atoms with Crippen molar-refractivity contribution in [3.05, 3.63) is 53.6 Å². The molecule has 2 rings (SSSR count). The van der Waals surface area contributed by atoms with E-state index in [0.717, 1.165) is 5.56 Å². The van der Waals surface area contributed by atoms with Gasteiger partial charge in [-0.1, -0.05) is 0 Å². The third-order valence-corrected chi connectivity index (χ3v) is 2.61. The van der Waals surface area contributed by atoms with Crippen molar-refractivity contribution >= 4 is 5.69 Å². The number of hydrogen-bond acceptors (Lipinski definition) is 4. The number of benzene rings is 2. The van der Waals surface area contributed by atoms with E-state index < -0.39 is 0 Å². The number of hydrogen-bond donors (Lipinski definition) is 1. The average Bonchev–Trinajstić information content (AvgIpc) is 2.45. The Kier molecular flexibility index (Phi) is 3.89. The summed E-state index contributed by atoms with van der Waals surface area (Å²) in [6, 6.07) is 14.5. The first-order valence-electron chi connectivity index (χ1n) is 5.77. The fraction of sp³-hybridized carbons (Fsp3) is 0.133. The Labute approximate surface area is 112 Å². The minimum Gasteiger partial charge on any atom is -0.497 e. The zero-order valence-electron chi connectivity index (χ0n) is 10.6. The highest BCUT2D eigenvalue weighted by Gasteiger charge is 2.01. The highest BCUT2D eigenvalue weighted by molar-refractivity contribution is 5.47. The molecule has 19 heavy (non-hydrogen) atoms. The predicted molar refractivity (Wildman–Crippen MR) is 72.9 cm³/mol. The van der Waals surface area contributed by atoms with Crippen LogP contribution in [0, 0.1) is 11.3 Å². The Hall–Kier alpha value is -2.67. The van der Waals surface area contributed by atoms with Crippen molar-refractivity contribution < 1.29 is 9.47 Å². The Morgan fingerprint density at radius 1 is 1.11 bits per heavy atom. The van der Waals surface area contributed by atoms with E-state index in [1.807, 2.05) is 12.1 Å². The smallest absolute Gasteiger partial charge is 0.121 e. The van der Waals surface area contributed by atoms with Crippen LogP contribution in [0.3, 0.4) is 0 Å². The van der Waals surface area contributed by atoms with Crippen LogP contribution in [0.15, 0.2) is 42.5 Å². The van der Waals surface area contributed by atoms with E-state index in [4.69, 9.17) is 20.5 Å². The van der Waals surface area contributed by atoms with Crippen molar-refractivity contribution in [2.24, 2.45) is 0 Å². The summed E-state index contributed by atoms with van der Waals surface area (Å²) >= 11 is 0. The van der Waals surface area contributed by atoms with Gasteiger partial charge in [0.05, 0.1) is 18.7 Å². The van der Waals surface area contributed by atoms with Crippen molar-refractivity contribution in [2.75, 3.05) is 12.8 Å². The molecule has 4 heteroatoms. The van der Waals surface area contributed by atoms with E-state index in [0.29, 0.717) is 29.4 Å². The molecule has 0 aliphatic carbocycles. The number of nitriles is 1. The van der Waals surface area contributed by atoms with E-state index in [1.165, 1.54) is 0 Å². The van der Waals surface area contributed by atoms with Gasteiger partial charge < -0.3 is 15.2 Å². The standard InChI is InChI=1S/C15H14N2O2/c1-18-15-7-12(6-13(17)8-15)10-19-14-4-2-11(9-16)3-5-14/h2-8H,10,17H2,1H3. The molecule has 0 radical (unpaired) electrons. The van der Waals surface area contributed by atoms with Gasteiger partial charge in [-0.25, -0.2) is 0 Å². The van der Waals surface area contributed by atoms with Crippen molar-refractivity contribution in [3.8, 4) is 17.6 Å². The summed E-state index contributed by atoms with van der Waals surface area (Å²) in [5.41, 5.74) is 7.95. The average molecular weight is 254 g/mol. The Bertz CT molecular complexity index is 601. The maximum atomic E-state index is 8.71. The molecule has 0 heterocycles. The summed E-state index contributed by atoms with van der Waals surface area (Å²) in [6.07, 6.45) is 0. The fourth-order valence-corrected chi connectivity index (χ4v) is 1.68. The second kappa shape index (κ2) is 5.78. The molecule has 2 aromatic carbocycles. The normalized spacial score (nSPS) is 9.68. The van der Waals surface area contributed by atoms with Gasteiger partial charge in [0.1, 0.15) is 18.1 Å². The summed E-state index contributed by atoms with van der Waals surface area (Å²) in [4.78, 5) is 0. The molecule has 0 amide bonds. The van der Waals surface area contributed by atoms with E-state index in [-0.39, 0.29) is 0 Å². The highest BCUT2D eigenvalue weighted by Crippen LogP contribution is 2.20. The van der Waals surface area contributed by atoms with Crippen LogP contribution in [0.5, 0.6) is 11.5 Å². The summed E-state index contributed by atoms with van der Waals surface area (Å²) < 4.78 is 10.8. The van der Waals surface area contributed by atoms with E-state index >= 15 is 0 Å². The molecule has 0 aliphatic rings. The topological polar surface area (TPSA) is 68.3 Å². The van der Waals surface area contributed by atoms with Crippen LogP contribution in [0.2, 0.25) is 0 Å². The molecule has 0 aromatic heterocycles. The number of nitrogen functional groups attached to an aromatic ring is 1. The van der Waals surface area contributed by atoms with Gasteiger partial charge in [0.25, 0.3) is 0 Å². The van der Waals surface area contributed by atoms with Crippen molar-refractivity contribution in [1.82, 2.24) is 0 Å². The fourth-order valence-electron chi connectivity index (χ4n) is 1.68. The van der Waals surface area contributed by atoms with E-state index in [2.05, 4.69) is 6.07 Å². The van der Waals surface area contributed by atoms with E-state index in [9.17, 15) is 0 Å². The SMILES string of the molecule is COc1cc(N)cc(COc2ccc(C#N)cc2)c1. The molecule has 2 N–H and O–H groups in total. The first kappa shape index (κ1) is 12.8. The summed E-state index contributed by atoms with van der Waals surface area (Å²) in [5, 5.41) is 8.71. The molecular weight excluding hydrogens is 240 g/mol. The maximum Gasteiger partial charge on any atom is 0.121 e. The molecule has 0 saturated heterocycles. The first-order valence-corrected chi connectivity index (χ1v) is 5.77. The molecular formula is C15H14N2O2. The van der Waals surface area contributed by atoms with Crippen LogP contribution < -0.4 is 15.2 Å². The van der Waals surface area contributed by atoms with Crippen LogP contribution in [0.1, 0.15) is 11.1 Å². The van der Waals surface area contributed by atoms with Gasteiger partial charge in [-0.2, -0.15) is 5.26 Å². The van der Waals surface area contributed by atoms with Gasteiger partial charge in [-0.05, 0) is 42.0 Å². The summed E-state index contributed by atoms with van der Waals surface area (Å²) in [6.45, 7) is 0.396. The maximum absolute atomic E-state index is 8.71. The molecule has 0 unspecified atom stereocenters. The lowest BCUT2D eigenvalue weighted by Gasteiger charge is -2.09. The van der Waals surface area contributed by atoms with Gasteiger partial charge in [0.2, 0.25) is 0 Å². The Morgan fingerprint density at radius 2 is 1.84 bits per heavy atom. The molecule has 96 valence electrons. The third-order valence-electron chi connectivity index (χ3n) is 2.61. The molecule has 0 saturated carbocycles. The minimum absolute atomic E-state index is 0.396. The molecule has 0 spiro atoms. The van der Waals surface area contributed by atoms with Gasteiger partial charge in [0.15, 0.2) is 0 Å². The van der Waals surface area contributed by atoms with Gasteiger partial charge in [0, 0.05) is 11.8 Å². The zero-order chi connectivity index (χ0) is 13.7. The van der Waals surface area contributed by atoms with Crippen molar-refractivity contribution in [1.29, 1.82) is 5.26 Å². The summed E-state index contributed by atoms with van der Waals surface area (Å²) in [7, 11) is 1.60. The molecule has 0 bridgehead atoms. The van der Waals surface area contributed by atoms with E-state index in [1.54, 1.807) is 37.4 Å². The second-order valence-corrected chi connectivity index (χ2v) is 4.04. The molecule has 4 nitrogen and oxygen atoms in total. The van der Waals surface area contributed by atoms with Gasteiger partial charge in [-0.3, -0.25) is 0 Å². The predicted octanol–water partition coefficient (Wildman–Crippen LogP) is 2.73. The van der Waals surface area contributed by atoms with Crippen LogP contribution in [-0.4, -0.2) is 7.11 Å². The van der Waals surface area contributed by atoms with Crippen molar-refractivity contribution in [3.63, 3.8) is 0 Å². The lowest BCUT2D eigenvalue weighted by Crippen LogP contribution is -1.98. The quantitative estimate of drug-likeness (QED) is 0.852.